The Labute approximate surface area is 135 Å². The van der Waals surface area contributed by atoms with Crippen LogP contribution in [0.3, 0.4) is 0 Å². The summed E-state index contributed by atoms with van der Waals surface area (Å²) in [6.45, 7) is 0. The maximum atomic E-state index is 13.5. The van der Waals surface area contributed by atoms with Crippen molar-refractivity contribution < 1.29 is 17.6 Å². The molecule has 0 fully saturated rings. The van der Waals surface area contributed by atoms with Crippen LogP contribution in [-0.2, 0) is 11.9 Å². The van der Waals surface area contributed by atoms with Crippen molar-refractivity contribution in [3.63, 3.8) is 0 Å². The van der Waals surface area contributed by atoms with Gasteiger partial charge in [-0.2, -0.15) is 24.1 Å². The van der Waals surface area contributed by atoms with Gasteiger partial charge in [-0.15, -0.1) is 0 Å². The first-order valence-corrected chi connectivity index (χ1v) is 8.69. The first-order valence-electron chi connectivity index (χ1n) is 6.30. The summed E-state index contributed by atoms with van der Waals surface area (Å²) in [6.07, 6.45) is -4.33. The predicted molar refractivity (Wildman–Crippen MR) is 84.7 cm³/mol. The zero-order valence-corrected chi connectivity index (χ0v) is 13.5. The minimum atomic E-state index is -4.33. The van der Waals surface area contributed by atoms with Gasteiger partial charge in [0.1, 0.15) is 5.82 Å². The molecular weight excluding hydrogens is 382 g/mol. The molecular formula is C15H10BrF4NS. The highest BCUT2D eigenvalue weighted by atomic mass is 79.9. The van der Waals surface area contributed by atoms with Crippen molar-refractivity contribution >= 4 is 38.1 Å². The van der Waals surface area contributed by atoms with E-state index < -0.39 is 22.6 Å². The van der Waals surface area contributed by atoms with Gasteiger partial charge in [-0.05, 0) is 39.7 Å². The zero-order valence-electron chi connectivity index (χ0n) is 11.0. The number of hydrogen-bond donors (Lipinski definition) is 1. The number of nitrogens with zero attached hydrogens (tertiary/aromatic N) is 1. The lowest BCUT2D eigenvalue weighted by atomic mass is 10.1. The summed E-state index contributed by atoms with van der Waals surface area (Å²) in [5.41, 5.74) is 2.51. The van der Waals surface area contributed by atoms with Crippen LogP contribution in [0.1, 0.15) is 11.1 Å². The molecule has 1 heterocycles. The topological polar surface area (TPSA) is 12.4 Å². The second-order valence-electron chi connectivity index (χ2n) is 4.82. The molecule has 3 rings (SSSR count). The van der Waals surface area contributed by atoms with Gasteiger partial charge in [-0.1, -0.05) is 12.1 Å². The van der Waals surface area contributed by atoms with Crippen LogP contribution >= 0.6 is 26.8 Å². The molecule has 0 spiro atoms. The van der Waals surface area contributed by atoms with Crippen LogP contribution in [0, 0.1) is 5.82 Å². The van der Waals surface area contributed by atoms with Gasteiger partial charge >= 0.3 is 6.18 Å². The van der Waals surface area contributed by atoms with Crippen LogP contribution in [0.4, 0.5) is 23.2 Å². The number of halogens is 5. The smallest absolute Gasteiger partial charge is 0.250 e. The fourth-order valence-electron chi connectivity index (χ4n) is 2.18. The molecule has 1 nitrogen and oxygen atoms in total. The minimum absolute atomic E-state index is 0.372. The van der Waals surface area contributed by atoms with Gasteiger partial charge in [0.15, 0.2) is 0 Å². The fraction of sp³-hybridized carbons (Fsp3) is 0.133. The van der Waals surface area contributed by atoms with Gasteiger partial charge in [0.2, 0.25) is 0 Å². The largest absolute Gasteiger partial charge is 0.416 e. The number of benzene rings is 2. The van der Waals surface area contributed by atoms with E-state index in [1.54, 1.807) is 11.6 Å². The van der Waals surface area contributed by atoms with Crippen LogP contribution in [0.2, 0.25) is 0 Å². The van der Waals surface area contributed by atoms with Crippen molar-refractivity contribution in [3.05, 3.63) is 57.8 Å². The average Bonchev–Trinajstić information content (AvgIpc) is 2.81. The molecule has 0 radical (unpaired) electrons. The predicted octanol–water partition coefficient (Wildman–Crippen LogP) is 5.84. The second kappa shape index (κ2) is 5.70. The van der Waals surface area contributed by atoms with Gasteiger partial charge in [-0.25, -0.2) is 4.39 Å². The third-order valence-corrected chi connectivity index (χ3v) is 5.98. The van der Waals surface area contributed by atoms with Gasteiger partial charge in [0.25, 0.3) is 0 Å². The normalized spacial score (nSPS) is 18.5. The van der Waals surface area contributed by atoms with E-state index in [1.165, 1.54) is 18.2 Å². The molecule has 1 aliphatic rings. The third-order valence-electron chi connectivity index (χ3n) is 3.30. The van der Waals surface area contributed by atoms with Crippen molar-refractivity contribution in [3.8, 4) is 0 Å². The second-order valence-corrected chi connectivity index (χ2v) is 7.65. The van der Waals surface area contributed by atoms with Gasteiger partial charge < -0.3 is 0 Å². The Bertz CT molecular complexity index is 740. The molecule has 0 saturated carbocycles. The lowest BCUT2D eigenvalue weighted by molar-refractivity contribution is -0.137. The highest BCUT2D eigenvalue weighted by Gasteiger charge is 2.30. The van der Waals surface area contributed by atoms with Gasteiger partial charge in [-0.3, -0.25) is 4.99 Å². The molecule has 1 atom stereocenters. The molecule has 0 aromatic heterocycles. The van der Waals surface area contributed by atoms with E-state index in [9.17, 15) is 17.6 Å². The molecule has 116 valence electrons. The van der Waals surface area contributed by atoms with Crippen molar-refractivity contribution in [1.82, 2.24) is 0 Å². The molecule has 0 bridgehead atoms. The molecule has 1 unspecified atom stereocenters. The van der Waals surface area contributed by atoms with Crippen LogP contribution < -0.4 is 0 Å². The lowest BCUT2D eigenvalue weighted by Crippen LogP contribution is -2.04. The SMILES string of the molecule is Fc1cc2c(cc1Br)[SH](Cc1ccc(C(F)(F)F)cc1)C=N2. The number of rotatable bonds is 2. The van der Waals surface area contributed by atoms with Gasteiger partial charge in [0, 0.05) is 22.3 Å². The number of alkyl halides is 3. The summed E-state index contributed by atoms with van der Waals surface area (Å²) in [5.74, 6) is 0.212. The Morgan fingerprint density at radius 2 is 1.77 bits per heavy atom. The standard InChI is InChI=1S/C15H10BrF4NS/c16-11-5-14-13(6-12(11)17)21-8-22(14)7-9-1-3-10(4-2-9)15(18,19)20/h1-6,8,22H,7H2. The Morgan fingerprint density at radius 3 is 2.41 bits per heavy atom. The Kier molecular flexibility index (Phi) is 4.03. The van der Waals surface area contributed by atoms with Crippen LogP contribution in [0.25, 0.3) is 0 Å². The highest BCUT2D eigenvalue weighted by Crippen LogP contribution is 2.49. The number of hydrogen-bond acceptors (Lipinski definition) is 1. The summed E-state index contributed by atoms with van der Waals surface area (Å²) in [5, 5.41) is 0. The molecule has 0 aliphatic carbocycles. The first-order chi connectivity index (χ1) is 10.3. The molecule has 1 aliphatic heterocycles. The van der Waals surface area contributed by atoms with E-state index in [2.05, 4.69) is 20.9 Å². The lowest BCUT2D eigenvalue weighted by Gasteiger charge is -2.15. The first kappa shape index (κ1) is 15.6. The van der Waals surface area contributed by atoms with E-state index in [0.29, 0.717) is 15.9 Å². The molecule has 2 aromatic rings. The van der Waals surface area contributed by atoms with E-state index >= 15 is 0 Å². The monoisotopic (exact) mass is 391 g/mol. The van der Waals surface area contributed by atoms with Crippen LogP contribution in [-0.4, -0.2) is 5.55 Å². The van der Waals surface area contributed by atoms with E-state index in [1.807, 2.05) is 0 Å². The number of fused-ring (bicyclic) bond motifs is 1. The van der Waals surface area contributed by atoms with E-state index in [4.69, 9.17) is 0 Å². The summed E-state index contributed by atoms with van der Waals surface area (Å²) >= 11 is 3.15. The Balaban J connectivity index is 1.82. The maximum Gasteiger partial charge on any atom is 0.416 e. The van der Waals surface area contributed by atoms with Crippen LogP contribution in [0.5, 0.6) is 0 Å². The number of aliphatic imine (C=N–C) groups is 1. The van der Waals surface area contributed by atoms with E-state index in [0.717, 1.165) is 22.6 Å². The van der Waals surface area contributed by atoms with Crippen molar-refractivity contribution in [2.75, 3.05) is 0 Å². The summed E-state index contributed by atoms with van der Waals surface area (Å²) in [7, 11) is -0.773. The Hall–Kier alpha value is -1.34. The number of thiol groups is 1. The summed E-state index contributed by atoms with van der Waals surface area (Å²) in [6, 6.07) is 8.20. The molecule has 0 saturated heterocycles. The van der Waals surface area contributed by atoms with Crippen LogP contribution in [0.15, 0.2) is 50.8 Å². The quantitative estimate of drug-likeness (QED) is 0.487. The Morgan fingerprint density at radius 1 is 1.09 bits per heavy atom. The summed E-state index contributed by atoms with van der Waals surface area (Å²) in [4.78, 5) is 5.13. The summed E-state index contributed by atoms with van der Waals surface area (Å²) < 4.78 is 51.5. The highest BCUT2D eigenvalue weighted by molar-refractivity contribution is 9.10. The van der Waals surface area contributed by atoms with E-state index in [-0.39, 0.29) is 5.82 Å². The van der Waals surface area contributed by atoms with Crippen molar-refractivity contribution in [2.45, 2.75) is 16.8 Å². The average molecular weight is 392 g/mol. The minimum Gasteiger partial charge on any atom is -0.250 e. The molecule has 7 heteroatoms. The maximum absolute atomic E-state index is 13.5. The molecule has 22 heavy (non-hydrogen) atoms. The zero-order chi connectivity index (χ0) is 15.9. The van der Waals surface area contributed by atoms with Gasteiger partial charge in [0.05, 0.1) is 15.7 Å². The van der Waals surface area contributed by atoms with Crippen molar-refractivity contribution in [1.29, 1.82) is 0 Å². The molecule has 2 aromatic carbocycles. The molecule has 0 amide bonds. The fourth-order valence-corrected chi connectivity index (χ4v) is 4.65. The van der Waals surface area contributed by atoms with Crippen molar-refractivity contribution in [2.24, 2.45) is 4.99 Å². The third kappa shape index (κ3) is 3.05. The molecule has 0 N–H and O–H groups in total.